The minimum atomic E-state index is -0.908. The first kappa shape index (κ1) is 18.0. The molecule has 2 N–H and O–H groups in total. The number of anilines is 1. The van der Waals surface area contributed by atoms with Gasteiger partial charge in [0.25, 0.3) is 5.91 Å². The van der Waals surface area contributed by atoms with Crippen molar-refractivity contribution in [3.05, 3.63) is 42.0 Å². The zero-order chi connectivity index (χ0) is 19.0. The Morgan fingerprint density at radius 3 is 2.96 bits per heavy atom. The van der Waals surface area contributed by atoms with Crippen LogP contribution in [0.25, 0.3) is 10.9 Å². The van der Waals surface area contributed by atoms with Crippen LogP contribution in [0.15, 0.2) is 34.8 Å². The Balaban J connectivity index is 1.56. The van der Waals surface area contributed by atoms with E-state index in [1.54, 1.807) is 18.5 Å². The van der Waals surface area contributed by atoms with E-state index in [1.165, 1.54) is 23.5 Å². The third kappa shape index (κ3) is 4.14. The number of benzene rings is 1. The van der Waals surface area contributed by atoms with E-state index in [0.717, 1.165) is 31.1 Å². The summed E-state index contributed by atoms with van der Waals surface area (Å²) in [6.45, 7) is 0.778. The number of carbonyl (C=O) groups is 2. The van der Waals surface area contributed by atoms with Crippen LogP contribution in [0.1, 0.15) is 23.2 Å². The molecule has 0 saturated heterocycles. The van der Waals surface area contributed by atoms with E-state index < -0.39 is 5.97 Å². The Hall–Kier alpha value is -2.39. The van der Waals surface area contributed by atoms with Crippen LogP contribution in [0.4, 0.5) is 9.52 Å². The number of halogens is 1. The summed E-state index contributed by atoms with van der Waals surface area (Å²) in [5.74, 6) is -1.02. The summed E-state index contributed by atoms with van der Waals surface area (Å²) in [5, 5.41) is 12.6. The second kappa shape index (κ2) is 7.32. The van der Waals surface area contributed by atoms with E-state index >= 15 is 0 Å². The summed E-state index contributed by atoms with van der Waals surface area (Å²) in [5.41, 5.74) is 1.18. The van der Waals surface area contributed by atoms with Gasteiger partial charge in [0, 0.05) is 18.1 Å². The van der Waals surface area contributed by atoms with Crippen LogP contribution in [0, 0.1) is 11.7 Å². The monoisotopic (exact) mass is 405 g/mol. The Kier molecular flexibility index (Phi) is 4.88. The van der Waals surface area contributed by atoms with Crippen LogP contribution in [-0.4, -0.2) is 32.3 Å². The minimum absolute atomic E-state index is 0.0597. The van der Waals surface area contributed by atoms with Gasteiger partial charge in [0.2, 0.25) is 0 Å². The van der Waals surface area contributed by atoms with Crippen molar-refractivity contribution in [2.24, 2.45) is 5.92 Å². The number of thiazole rings is 1. The molecule has 0 spiro atoms. The van der Waals surface area contributed by atoms with Gasteiger partial charge < -0.3 is 9.67 Å². The molecule has 6 nitrogen and oxygen atoms in total. The highest BCUT2D eigenvalue weighted by Crippen LogP contribution is 2.34. The van der Waals surface area contributed by atoms with Crippen LogP contribution in [0.3, 0.4) is 0 Å². The lowest BCUT2D eigenvalue weighted by Gasteiger charge is -2.02. The highest BCUT2D eigenvalue weighted by atomic mass is 32.2. The fraction of sp³-hybridized carbons (Fsp3) is 0.278. The smallest absolute Gasteiger partial charge is 0.313 e. The molecule has 1 aliphatic rings. The number of nitrogens with zero attached hydrogens (tertiary/aromatic N) is 2. The number of carbonyl (C=O) groups excluding carboxylic acids is 1. The highest BCUT2D eigenvalue weighted by molar-refractivity contribution is 8.01. The molecule has 0 radical (unpaired) electrons. The standard InChI is InChI=1S/C18H16FN3O3S2/c19-11-3-4-12-13(8-22(14(12)5-11)7-10-1-2-10)17(25)21-18-20-6-16(27-18)26-9-15(23)24/h3-6,8,10H,1-2,7,9H2,(H,23,24)(H,20,21,25). The van der Waals surface area contributed by atoms with Crippen molar-refractivity contribution in [1.29, 1.82) is 0 Å². The van der Waals surface area contributed by atoms with Crippen molar-refractivity contribution in [1.82, 2.24) is 9.55 Å². The predicted octanol–water partition coefficient (Wildman–Crippen LogP) is 4.08. The number of aliphatic carboxylic acids is 1. The van der Waals surface area contributed by atoms with Crippen molar-refractivity contribution < 1.29 is 19.1 Å². The minimum Gasteiger partial charge on any atom is -0.481 e. The van der Waals surface area contributed by atoms with Crippen molar-refractivity contribution in [3.63, 3.8) is 0 Å². The number of aromatic nitrogens is 2. The first-order chi connectivity index (χ1) is 13.0. The lowest BCUT2D eigenvalue weighted by Crippen LogP contribution is -2.11. The molecule has 1 fully saturated rings. The average Bonchev–Trinajstić information content (AvgIpc) is 3.21. The first-order valence-electron chi connectivity index (χ1n) is 8.40. The molecule has 0 unspecified atom stereocenters. The highest BCUT2D eigenvalue weighted by Gasteiger charge is 2.24. The summed E-state index contributed by atoms with van der Waals surface area (Å²) in [6, 6.07) is 4.43. The van der Waals surface area contributed by atoms with Gasteiger partial charge in [0.1, 0.15) is 5.82 Å². The number of carboxylic acids is 1. The van der Waals surface area contributed by atoms with Crippen LogP contribution in [0.5, 0.6) is 0 Å². The van der Waals surface area contributed by atoms with Crippen LogP contribution < -0.4 is 5.32 Å². The first-order valence-corrected chi connectivity index (χ1v) is 10.2. The van der Waals surface area contributed by atoms with E-state index in [1.807, 2.05) is 4.57 Å². The van der Waals surface area contributed by atoms with E-state index in [4.69, 9.17) is 5.11 Å². The Morgan fingerprint density at radius 2 is 2.22 bits per heavy atom. The molecular formula is C18H16FN3O3S2. The number of amides is 1. The number of fused-ring (bicyclic) bond motifs is 1. The number of nitrogens with one attached hydrogen (secondary N) is 1. The molecule has 2 aromatic heterocycles. The molecule has 0 bridgehead atoms. The fourth-order valence-electron chi connectivity index (χ4n) is 2.86. The van der Waals surface area contributed by atoms with Crippen molar-refractivity contribution in [2.45, 2.75) is 23.6 Å². The third-order valence-corrected chi connectivity index (χ3v) is 6.38. The summed E-state index contributed by atoms with van der Waals surface area (Å²) >= 11 is 2.38. The summed E-state index contributed by atoms with van der Waals surface area (Å²) < 4.78 is 16.4. The average molecular weight is 405 g/mol. The summed E-state index contributed by atoms with van der Waals surface area (Å²) in [7, 11) is 0. The maximum Gasteiger partial charge on any atom is 0.313 e. The molecule has 0 atom stereocenters. The second-order valence-electron chi connectivity index (χ2n) is 6.42. The lowest BCUT2D eigenvalue weighted by atomic mass is 10.1. The van der Waals surface area contributed by atoms with Crippen molar-refractivity contribution >= 4 is 51.0 Å². The van der Waals surface area contributed by atoms with Crippen LogP contribution >= 0.6 is 23.1 Å². The summed E-state index contributed by atoms with van der Waals surface area (Å²) in [4.78, 5) is 27.5. The molecule has 4 rings (SSSR count). The van der Waals surface area contributed by atoms with Gasteiger partial charge >= 0.3 is 5.97 Å². The summed E-state index contributed by atoms with van der Waals surface area (Å²) in [6.07, 6.45) is 5.63. The van der Waals surface area contributed by atoms with Crippen molar-refractivity contribution in [3.8, 4) is 0 Å². The zero-order valence-corrected chi connectivity index (χ0v) is 15.8. The van der Waals surface area contributed by atoms with Gasteiger partial charge in [-0.2, -0.15) is 0 Å². The SMILES string of the molecule is O=C(O)CSc1cnc(NC(=O)c2cn(CC3CC3)c3cc(F)ccc23)s1. The Morgan fingerprint density at radius 1 is 1.41 bits per heavy atom. The fourth-order valence-corrected chi connectivity index (χ4v) is 4.44. The van der Waals surface area contributed by atoms with Crippen LogP contribution in [0.2, 0.25) is 0 Å². The van der Waals surface area contributed by atoms with E-state index in [-0.39, 0.29) is 17.5 Å². The van der Waals surface area contributed by atoms with Gasteiger partial charge in [-0.25, -0.2) is 9.37 Å². The quantitative estimate of drug-likeness (QED) is 0.579. The third-order valence-electron chi connectivity index (χ3n) is 4.28. The van der Waals surface area contributed by atoms with Gasteiger partial charge in [-0.05, 0) is 37.0 Å². The van der Waals surface area contributed by atoms with E-state index in [9.17, 15) is 14.0 Å². The Bertz CT molecular complexity index is 1030. The molecule has 2 heterocycles. The topological polar surface area (TPSA) is 84.2 Å². The number of hydrogen-bond acceptors (Lipinski definition) is 5. The molecular weight excluding hydrogens is 389 g/mol. The largest absolute Gasteiger partial charge is 0.481 e. The molecule has 1 aromatic carbocycles. The van der Waals surface area contributed by atoms with Gasteiger partial charge in [0.15, 0.2) is 5.13 Å². The van der Waals surface area contributed by atoms with Gasteiger partial charge in [-0.3, -0.25) is 14.9 Å². The molecule has 0 aliphatic heterocycles. The van der Waals surface area contributed by atoms with Gasteiger partial charge in [-0.15, -0.1) is 11.8 Å². The molecule has 1 aliphatic carbocycles. The van der Waals surface area contributed by atoms with Gasteiger partial charge in [-0.1, -0.05) is 11.3 Å². The molecule has 1 saturated carbocycles. The van der Waals surface area contributed by atoms with Crippen LogP contribution in [-0.2, 0) is 11.3 Å². The Labute approximate surface area is 162 Å². The predicted molar refractivity (Wildman–Crippen MR) is 103 cm³/mol. The van der Waals surface area contributed by atoms with Gasteiger partial charge in [0.05, 0.1) is 27.2 Å². The molecule has 3 aromatic rings. The number of thioether (sulfide) groups is 1. The number of hydrogen-bond donors (Lipinski definition) is 2. The van der Waals surface area contributed by atoms with E-state index in [2.05, 4.69) is 10.3 Å². The second-order valence-corrected chi connectivity index (χ2v) is 8.73. The number of rotatable bonds is 7. The van der Waals surface area contributed by atoms with E-state index in [0.29, 0.717) is 31.7 Å². The molecule has 27 heavy (non-hydrogen) atoms. The lowest BCUT2D eigenvalue weighted by molar-refractivity contribution is -0.133. The molecule has 140 valence electrons. The maximum atomic E-state index is 13.7. The molecule has 9 heteroatoms. The molecule has 1 amide bonds. The normalized spacial score (nSPS) is 13.8. The zero-order valence-electron chi connectivity index (χ0n) is 14.1. The number of carboxylic acid groups (broad SMARTS) is 1. The van der Waals surface area contributed by atoms with Crippen molar-refractivity contribution in [2.75, 3.05) is 11.1 Å². The maximum absolute atomic E-state index is 13.7.